The van der Waals surface area contributed by atoms with Crippen LogP contribution >= 0.6 is 11.8 Å². The van der Waals surface area contributed by atoms with Crippen LogP contribution in [0.25, 0.3) is 0 Å². The number of anilines is 2. The predicted octanol–water partition coefficient (Wildman–Crippen LogP) is 4.15. The number of benzene rings is 1. The second-order valence-corrected chi connectivity index (χ2v) is 6.16. The minimum absolute atomic E-state index is 0.626. The van der Waals surface area contributed by atoms with Gasteiger partial charge in [-0.1, -0.05) is 12.8 Å². The van der Waals surface area contributed by atoms with Crippen LogP contribution < -0.4 is 10.6 Å². The van der Waals surface area contributed by atoms with Crippen LogP contribution in [0.15, 0.2) is 23.1 Å². The van der Waals surface area contributed by atoms with Gasteiger partial charge in [-0.25, -0.2) is 0 Å². The van der Waals surface area contributed by atoms with Crippen LogP contribution in [-0.4, -0.2) is 18.3 Å². The van der Waals surface area contributed by atoms with Crippen molar-refractivity contribution in [2.24, 2.45) is 0 Å². The Bertz CT molecular complexity index is 393. The number of thioether (sulfide) groups is 1. The first-order valence-corrected chi connectivity index (χ1v) is 8.08. The summed E-state index contributed by atoms with van der Waals surface area (Å²) in [5.74, 6) is 0. The molecule has 1 saturated heterocycles. The van der Waals surface area contributed by atoms with Gasteiger partial charge in [0.05, 0.1) is 0 Å². The Hall–Kier alpha value is -0.830. The molecule has 2 rings (SSSR count). The predicted molar refractivity (Wildman–Crippen MR) is 82.5 cm³/mol. The molecule has 2 N–H and O–H groups in total. The zero-order valence-corrected chi connectivity index (χ0v) is 12.5. The van der Waals surface area contributed by atoms with E-state index in [9.17, 15) is 0 Å². The first kappa shape index (κ1) is 13.6. The van der Waals surface area contributed by atoms with E-state index in [1.165, 1.54) is 36.3 Å². The summed E-state index contributed by atoms with van der Waals surface area (Å²) < 4.78 is 0. The molecule has 100 valence electrons. The molecule has 0 amide bonds. The Morgan fingerprint density at radius 2 is 1.78 bits per heavy atom. The van der Waals surface area contributed by atoms with Crippen molar-refractivity contribution >= 4 is 23.1 Å². The fraction of sp³-hybridized carbons (Fsp3) is 0.600. The molecule has 0 spiro atoms. The van der Waals surface area contributed by atoms with Crippen molar-refractivity contribution in [3.8, 4) is 0 Å². The van der Waals surface area contributed by atoms with Gasteiger partial charge in [-0.15, -0.1) is 11.8 Å². The number of nitrogens with two attached hydrogens (primary N) is 1. The molecule has 1 heterocycles. The van der Waals surface area contributed by atoms with Gasteiger partial charge in [-0.2, -0.15) is 0 Å². The Balaban J connectivity index is 2.32. The summed E-state index contributed by atoms with van der Waals surface area (Å²) in [5, 5.41) is 0. The zero-order chi connectivity index (χ0) is 13.1. The number of nitrogen functional groups attached to an aromatic ring is 1. The summed E-state index contributed by atoms with van der Waals surface area (Å²) in [6, 6.07) is 7.72. The minimum Gasteiger partial charge on any atom is -0.398 e. The Morgan fingerprint density at radius 3 is 2.33 bits per heavy atom. The molecule has 2 nitrogen and oxygen atoms in total. The molecular weight excluding hydrogens is 240 g/mol. The largest absolute Gasteiger partial charge is 0.398 e. The van der Waals surface area contributed by atoms with Crippen molar-refractivity contribution in [1.29, 1.82) is 0 Å². The molecule has 1 fully saturated rings. The molecule has 1 aromatic rings. The molecule has 2 atom stereocenters. The standard InChI is InChI=1S/C15H24N2S/c1-11-6-4-5-7-12(2)17(11)13-8-9-14(16)15(10-13)18-3/h8-12H,4-7,16H2,1-3H3. The average molecular weight is 264 g/mol. The molecule has 0 aromatic heterocycles. The highest BCUT2D eigenvalue weighted by Gasteiger charge is 2.23. The highest BCUT2D eigenvalue weighted by molar-refractivity contribution is 7.98. The first-order valence-electron chi connectivity index (χ1n) is 6.85. The first-order chi connectivity index (χ1) is 8.63. The molecule has 0 aliphatic carbocycles. The second-order valence-electron chi connectivity index (χ2n) is 5.32. The topological polar surface area (TPSA) is 29.3 Å². The number of nitrogens with zero attached hydrogens (tertiary/aromatic N) is 1. The van der Waals surface area contributed by atoms with Gasteiger partial charge in [0.2, 0.25) is 0 Å². The van der Waals surface area contributed by atoms with Crippen LogP contribution in [0.1, 0.15) is 39.5 Å². The van der Waals surface area contributed by atoms with E-state index in [2.05, 4.69) is 37.1 Å². The average Bonchev–Trinajstić information content (AvgIpc) is 2.52. The third kappa shape index (κ3) is 2.77. The molecule has 0 saturated carbocycles. The summed E-state index contributed by atoms with van der Waals surface area (Å²) in [7, 11) is 0. The smallest absolute Gasteiger partial charge is 0.0453 e. The third-order valence-corrected chi connectivity index (χ3v) is 4.75. The SMILES string of the molecule is CSc1cc(N2C(C)CCCCC2C)ccc1N. The molecule has 18 heavy (non-hydrogen) atoms. The second kappa shape index (κ2) is 5.87. The van der Waals surface area contributed by atoms with E-state index < -0.39 is 0 Å². The highest BCUT2D eigenvalue weighted by atomic mass is 32.2. The molecule has 3 heteroatoms. The van der Waals surface area contributed by atoms with Gasteiger partial charge in [0.1, 0.15) is 0 Å². The quantitative estimate of drug-likeness (QED) is 0.643. The van der Waals surface area contributed by atoms with Gasteiger partial charge < -0.3 is 10.6 Å². The molecule has 1 aromatic carbocycles. The summed E-state index contributed by atoms with van der Waals surface area (Å²) in [4.78, 5) is 3.77. The van der Waals surface area contributed by atoms with E-state index in [0.29, 0.717) is 12.1 Å². The number of hydrogen-bond acceptors (Lipinski definition) is 3. The maximum atomic E-state index is 5.99. The van der Waals surface area contributed by atoms with Crippen molar-refractivity contribution in [3.63, 3.8) is 0 Å². The van der Waals surface area contributed by atoms with E-state index >= 15 is 0 Å². The van der Waals surface area contributed by atoms with E-state index in [0.717, 1.165) is 5.69 Å². The van der Waals surface area contributed by atoms with Crippen LogP contribution in [0.5, 0.6) is 0 Å². The van der Waals surface area contributed by atoms with Crippen LogP contribution in [0.2, 0.25) is 0 Å². The van der Waals surface area contributed by atoms with Gasteiger partial charge >= 0.3 is 0 Å². The zero-order valence-electron chi connectivity index (χ0n) is 11.6. The van der Waals surface area contributed by atoms with Crippen LogP contribution in [-0.2, 0) is 0 Å². The lowest BCUT2D eigenvalue weighted by Crippen LogP contribution is -2.38. The Labute approximate surface area is 115 Å². The number of hydrogen-bond donors (Lipinski definition) is 1. The lowest BCUT2D eigenvalue weighted by Gasteiger charge is -2.35. The fourth-order valence-corrected chi connectivity index (χ4v) is 3.50. The molecule has 1 aliphatic rings. The maximum Gasteiger partial charge on any atom is 0.0453 e. The van der Waals surface area contributed by atoms with E-state index in [4.69, 9.17) is 5.73 Å². The lowest BCUT2D eigenvalue weighted by molar-refractivity contribution is 0.558. The van der Waals surface area contributed by atoms with Gasteiger partial charge in [0, 0.05) is 28.4 Å². The Morgan fingerprint density at radius 1 is 1.17 bits per heavy atom. The minimum atomic E-state index is 0.626. The lowest BCUT2D eigenvalue weighted by atomic mass is 10.1. The van der Waals surface area contributed by atoms with Gasteiger partial charge in [0.15, 0.2) is 0 Å². The van der Waals surface area contributed by atoms with Crippen LogP contribution in [0, 0.1) is 0 Å². The summed E-state index contributed by atoms with van der Waals surface area (Å²) in [6.07, 6.45) is 7.39. The molecular formula is C15H24N2S. The maximum absolute atomic E-state index is 5.99. The Kier molecular flexibility index (Phi) is 4.44. The molecule has 1 aliphatic heterocycles. The van der Waals surface area contributed by atoms with Gasteiger partial charge in [0.25, 0.3) is 0 Å². The summed E-state index contributed by atoms with van der Waals surface area (Å²) in [5.41, 5.74) is 8.21. The van der Waals surface area contributed by atoms with Crippen molar-refractivity contribution in [2.75, 3.05) is 16.9 Å². The third-order valence-electron chi connectivity index (χ3n) is 3.96. The summed E-state index contributed by atoms with van der Waals surface area (Å²) >= 11 is 1.73. The normalized spacial score (nSPS) is 24.9. The van der Waals surface area contributed by atoms with Gasteiger partial charge in [-0.05, 0) is 51.1 Å². The van der Waals surface area contributed by atoms with Crippen molar-refractivity contribution in [3.05, 3.63) is 18.2 Å². The fourth-order valence-electron chi connectivity index (χ4n) is 2.96. The highest BCUT2D eigenvalue weighted by Crippen LogP contribution is 2.33. The molecule has 0 radical (unpaired) electrons. The van der Waals surface area contributed by atoms with Crippen LogP contribution in [0.3, 0.4) is 0 Å². The van der Waals surface area contributed by atoms with Crippen molar-refractivity contribution < 1.29 is 0 Å². The molecule has 2 unspecified atom stereocenters. The van der Waals surface area contributed by atoms with E-state index in [1.807, 2.05) is 6.07 Å². The monoisotopic (exact) mass is 264 g/mol. The van der Waals surface area contributed by atoms with Crippen LogP contribution in [0.4, 0.5) is 11.4 Å². The summed E-state index contributed by atoms with van der Waals surface area (Å²) in [6.45, 7) is 4.69. The van der Waals surface area contributed by atoms with Crippen molar-refractivity contribution in [2.45, 2.75) is 56.5 Å². The van der Waals surface area contributed by atoms with E-state index in [-0.39, 0.29) is 0 Å². The van der Waals surface area contributed by atoms with Crippen molar-refractivity contribution in [1.82, 2.24) is 0 Å². The van der Waals surface area contributed by atoms with E-state index in [1.54, 1.807) is 11.8 Å². The number of rotatable bonds is 2. The molecule has 0 bridgehead atoms. The van der Waals surface area contributed by atoms with Gasteiger partial charge in [-0.3, -0.25) is 0 Å².